The normalized spacial score (nSPS) is 10.5. The summed E-state index contributed by atoms with van der Waals surface area (Å²) in [6, 6.07) is 3.30. The molecule has 2 N–H and O–H groups in total. The van der Waals surface area contributed by atoms with Crippen LogP contribution in [0, 0.1) is 15.9 Å². The van der Waals surface area contributed by atoms with Gasteiger partial charge in [-0.2, -0.15) is 4.39 Å². The lowest BCUT2D eigenvalue weighted by molar-refractivity contribution is -0.387. The second kappa shape index (κ2) is 4.32. The summed E-state index contributed by atoms with van der Waals surface area (Å²) in [7, 11) is 0. The van der Waals surface area contributed by atoms with Crippen LogP contribution in [0.4, 0.5) is 10.1 Å². The molecule has 6 heteroatoms. The van der Waals surface area contributed by atoms with Crippen LogP contribution in [0.1, 0.15) is 5.56 Å². The molecule has 5 nitrogen and oxygen atoms in total. The summed E-state index contributed by atoms with van der Waals surface area (Å²) in [5.41, 5.74) is 4.55. The van der Waals surface area contributed by atoms with E-state index in [-0.39, 0.29) is 0 Å². The van der Waals surface area contributed by atoms with Crippen LogP contribution in [-0.4, -0.2) is 10.8 Å². The fourth-order valence-electron chi connectivity index (χ4n) is 0.953. The second-order valence-corrected chi connectivity index (χ2v) is 2.70. The Morgan fingerprint density at radius 1 is 1.53 bits per heavy atom. The average Bonchev–Trinajstić information content (AvgIpc) is 2.14. The van der Waals surface area contributed by atoms with Gasteiger partial charge >= 0.3 is 5.69 Å². The number of carbonyl (C=O) groups is 1. The molecule has 0 radical (unpaired) electrons. The third-order valence-electron chi connectivity index (χ3n) is 1.61. The number of halogens is 1. The maximum atomic E-state index is 13.0. The number of amides is 1. The molecule has 0 spiro atoms. The SMILES string of the molecule is NC(=O)C=Cc1ccc([N+](=O)[O-])c(F)c1. The van der Waals surface area contributed by atoms with Crippen molar-refractivity contribution in [3.8, 4) is 0 Å². The largest absolute Gasteiger partial charge is 0.366 e. The van der Waals surface area contributed by atoms with Gasteiger partial charge in [0.15, 0.2) is 0 Å². The minimum Gasteiger partial charge on any atom is -0.366 e. The molecule has 0 bridgehead atoms. The zero-order valence-electron chi connectivity index (χ0n) is 7.51. The molecule has 0 unspecified atom stereocenters. The van der Waals surface area contributed by atoms with Gasteiger partial charge in [0.1, 0.15) is 0 Å². The minimum absolute atomic E-state index is 0.330. The molecule has 1 aromatic rings. The molecule has 78 valence electrons. The predicted molar refractivity (Wildman–Crippen MR) is 51.3 cm³/mol. The third-order valence-corrected chi connectivity index (χ3v) is 1.61. The molecular weight excluding hydrogens is 203 g/mol. The van der Waals surface area contributed by atoms with Crippen LogP contribution in [0.5, 0.6) is 0 Å². The molecule has 15 heavy (non-hydrogen) atoms. The fraction of sp³-hybridized carbons (Fsp3) is 0. The van der Waals surface area contributed by atoms with Crippen molar-refractivity contribution in [2.45, 2.75) is 0 Å². The summed E-state index contributed by atoms with van der Waals surface area (Å²) < 4.78 is 13.0. The van der Waals surface area contributed by atoms with E-state index in [2.05, 4.69) is 0 Å². The van der Waals surface area contributed by atoms with Gasteiger partial charge < -0.3 is 5.73 Å². The Kier molecular flexibility index (Phi) is 3.12. The number of primary amides is 1. The Hall–Kier alpha value is -2.24. The van der Waals surface area contributed by atoms with Crippen LogP contribution in [0.2, 0.25) is 0 Å². The number of nitrogens with zero attached hydrogens (tertiary/aromatic N) is 1. The van der Waals surface area contributed by atoms with Crippen LogP contribution < -0.4 is 5.73 Å². The first-order valence-corrected chi connectivity index (χ1v) is 3.92. The Labute approximate surface area is 84.2 Å². The number of rotatable bonds is 3. The average molecular weight is 210 g/mol. The number of nitrogens with two attached hydrogens (primary N) is 1. The van der Waals surface area contributed by atoms with Gasteiger partial charge in [0.05, 0.1) is 4.92 Å². The first-order valence-electron chi connectivity index (χ1n) is 3.92. The predicted octanol–water partition coefficient (Wildman–Crippen LogP) is 1.23. The van der Waals surface area contributed by atoms with Crippen molar-refractivity contribution in [3.05, 3.63) is 45.8 Å². The number of nitro groups is 1. The van der Waals surface area contributed by atoms with Crippen LogP contribution in [0.15, 0.2) is 24.3 Å². The molecule has 1 aromatic carbocycles. The van der Waals surface area contributed by atoms with Crippen molar-refractivity contribution in [2.24, 2.45) is 5.73 Å². The van der Waals surface area contributed by atoms with E-state index in [1.54, 1.807) is 0 Å². The molecular formula is C9H7FN2O3. The van der Waals surface area contributed by atoms with Gasteiger partial charge in [-0.15, -0.1) is 0 Å². The Morgan fingerprint density at radius 3 is 2.67 bits per heavy atom. The molecule has 1 amide bonds. The highest BCUT2D eigenvalue weighted by molar-refractivity contribution is 5.90. The number of nitro benzene ring substituents is 1. The summed E-state index contributed by atoms with van der Waals surface area (Å²) in [6.45, 7) is 0. The lowest BCUT2D eigenvalue weighted by Crippen LogP contribution is -2.05. The van der Waals surface area contributed by atoms with Gasteiger partial charge in [-0.3, -0.25) is 14.9 Å². The summed E-state index contributed by atoms with van der Waals surface area (Å²) in [6.07, 6.45) is 2.32. The fourth-order valence-corrected chi connectivity index (χ4v) is 0.953. The standard InChI is InChI=1S/C9H7FN2O3/c10-7-5-6(2-4-9(11)13)1-3-8(7)12(14)15/h1-5H,(H2,11,13). The zero-order chi connectivity index (χ0) is 11.4. The Bertz CT molecular complexity index is 443. The van der Waals surface area contributed by atoms with E-state index in [1.807, 2.05) is 0 Å². The molecule has 1 rings (SSSR count). The lowest BCUT2D eigenvalue weighted by Gasteiger charge is -1.95. The van der Waals surface area contributed by atoms with E-state index in [9.17, 15) is 19.3 Å². The highest BCUT2D eigenvalue weighted by atomic mass is 19.1. The van der Waals surface area contributed by atoms with E-state index < -0.39 is 22.3 Å². The topological polar surface area (TPSA) is 86.2 Å². The van der Waals surface area contributed by atoms with Crippen LogP contribution in [0.3, 0.4) is 0 Å². The molecule has 0 aliphatic heterocycles. The molecule has 0 atom stereocenters. The number of carbonyl (C=O) groups excluding carboxylic acids is 1. The molecule has 0 heterocycles. The monoisotopic (exact) mass is 210 g/mol. The van der Waals surface area contributed by atoms with E-state index in [0.717, 1.165) is 18.2 Å². The summed E-state index contributed by atoms with van der Waals surface area (Å²) in [5, 5.41) is 10.3. The minimum atomic E-state index is -0.952. The van der Waals surface area contributed by atoms with Gasteiger partial charge in [-0.25, -0.2) is 0 Å². The van der Waals surface area contributed by atoms with Crippen molar-refractivity contribution in [2.75, 3.05) is 0 Å². The van der Waals surface area contributed by atoms with Crippen LogP contribution in [0.25, 0.3) is 6.08 Å². The Balaban J connectivity index is 3.01. The second-order valence-electron chi connectivity index (χ2n) is 2.70. The third kappa shape index (κ3) is 2.87. The molecule has 0 aliphatic rings. The van der Waals surface area contributed by atoms with Crippen LogP contribution in [-0.2, 0) is 4.79 Å². The van der Waals surface area contributed by atoms with Gasteiger partial charge in [-0.05, 0) is 23.8 Å². The highest BCUT2D eigenvalue weighted by Crippen LogP contribution is 2.18. The van der Waals surface area contributed by atoms with Gasteiger partial charge in [0.2, 0.25) is 11.7 Å². The molecule has 0 saturated carbocycles. The van der Waals surface area contributed by atoms with Gasteiger partial charge in [0.25, 0.3) is 0 Å². The summed E-state index contributed by atoms with van der Waals surface area (Å²) in [4.78, 5) is 19.8. The first-order chi connectivity index (χ1) is 7.00. The van der Waals surface area contributed by atoms with E-state index >= 15 is 0 Å². The Morgan fingerprint density at radius 2 is 2.20 bits per heavy atom. The van der Waals surface area contributed by atoms with Crippen molar-refractivity contribution in [1.29, 1.82) is 0 Å². The number of hydrogen-bond donors (Lipinski definition) is 1. The van der Waals surface area contributed by atoms with Crippen molar-refractivity contribution < 1.29 is 14.1 Å². The lowest BCUT2D eigenvalue weighted by atomic mass is 10.2. The highest BCUT2D eigenvalue weighted by Gasteiger charge is 2.12. The molecule has 0 aromatic heterocycles. The van der Waals surface area contributed by atoms with Crippen molar-refractivity contribution in [1.82, 2.24) is 0 Å². The molecule has 0 fully saturated rings. The van der Waals surface area contributed by atoms with E-state index in [4.69, 9.17) is 5.73 Å². The maximum Gasteiger partial charge on any atom is 0.304 e. The van der Waals surface area contributed by atoms with Gasteiger partial charge in [0, 0.05) is 12.1 Å². The first kappa shape index (κ1) is 10.8. The summed E-state index contributed by atoms with van der Waals surface area (Å²) in [5.74, 6) is -1.62. The van der Waals surface area contributed by atoms with Gasteiger partial charge in [-0.1, -0.05) is 0 Å². The quantitative estimate of drug-likeness (QED) is 0.462. The van der Waals surface area contributed by atoms with Crippen LogP contribution >= 0.6 is 0 Å². The smallest absolute Gasteiger partial charge is 0.304 e. The zero-order valence-corrected chi connectivity index (χ0v) is 7.51. The van der Waals surface area contributed by atoms with E-state index in [1.165, 1.54) is 12.1 Å². The number of benzene rings is 1. The molecule has 0 saturated heterocycles. The number of hydrogen-bond acceptors (Lipinski definition) is 3. The maximum absolute atomic E-state index is 13.0. The van der Waals surface area contributed by atoms with Crippen molar-refractivity contribution in [3.63, 3.8) is 0 Å². The molecule has 0 aliphatic carbocycles. The van der Waals surface area contributed by atoms with Crippen molar-refractivity contribution >= 4 is 17.7 Å². The summed E-state index contributed by atoms with van der Waals surface area (Å²) >= 11 is 0. The van der Waals surface area contributed by atoms with E-state index in [0.29, 0.717) is 5.56 Å².